The van der Waals surface area contributed by atoms with Crippen LogP contribution in [0.1, 0.15) is 33.1 Å². The van der Waals surface area contributed by atoms with E-state index in [1.807, 2.05) is 18.7 Å². The number of rotatable bonds is 6. The topological polar surface area (TPSA) is 67.9 Å². The molecule has 138 valence electrons. The van der Waals surface area contributed by atoms with Gasteiger partial charge in [0.1, 0.15) is 0 Å². The second-order valence-electron chi connectivity index (χ2n) is 6.81. The predicted molar refractivity (Wildman–Crippen MR) is 96.9 cm³/mol. The van der Waals surface area contributed by atoms with E-state index in [2.05, 4.69) is 5.32 Å². The molecule has 0 spiro atoms. The number of nitrogens with one attached hydrogen (secondary N) is 1. The predicted octanol–water partition coefficient (Wildman–Crippen LogP) is 2.93. The molecule has 6 heteroatoms. The van der Waals surface area contributed by atoms with Gasteiger partial charge in [-0.2, -0.15) is 0 Å². The van der Waals surface area contributed by atoms with Crippen LogP contribution in [0.5, 0.6) is 11.5 Å². The summed E-state index contributed by atoms with van der Waals surface area (Å²) >= 11 is 0. The molecular formula is C19H28N2O4. The molecule has 1 saturated heterocycles. The van der Waals surface area contributed by atoms with Crippen LogP contribution < -0.4 is 14.8 Å². The van der Waals surface area contributed by atoms with E-state index in [9.17, 15) is 9.59 Å². The normalized spacial score (nSPS) is 15.2. The SMILES string of the molecule is COc1ccc(NC(=O)C2CCN(C(=O)CC(C)C)CC2)cc1OC. The van der Waals surface area contributed by atoms with Crippen LogP contribution in [-0.4, -0.2) is 44.0 Å². The maximum Gasteiger partial charge on any atom is 0.227 e. The second kappa shape index (κ2) is 8.74. The quantitative estimate of drug-likeness (QED) is 0.858. The largest absolute Gasteiger partial charge is 0.493 e. The number of methoxy groups -OCH3 is 2. The van der Waals surface area contributed by atoms with E-state index < -0.39 is 0 Å². The molecule has 6 nitrogen and oxygen atoms in total. The number of hydrogen-bond donors (Lipinski definition) is 1. The Morgan fingerprint density at radius 1 is 1.16 bits per heavy atom. The van der Waals surface area contributed by atoms with Gasteiger partial charge in [-0.05, 0) is 30.9 Å². The first kappa shape index (κ1) is 19.1. The van der Waals surface area contributed by atoms with E-state index in [1.54, 1.807) is 32.4 Å². The van der Waals surface area contributed by atoms with E-state index in [-0.39, 0.29) is 17.7 Å². The summed E-state index contributed by atoms with van der Waals surface area (Å²) in [6.45, 7) is 5.38. The summed E-state index contributed by atoms with van der Waals surface area (Å²) in [7, 11) is 3.14. The van der Waals surface area contributed by atoms with Gasteiger partial charge in [-0.15, -0.1) is 0 Å². The number of likely N-dealkylation sites (tertiary alicyclic amines) is 1. The minimum atomic E-state index is -0.0730. The summed E-state index contributed by atoms with van der Waals surface area (Å²) in [6.07, 6.45) is 1.97. The van der Waals surface area contributed by atoms with Crippen molar-refractivity contribution in [1.82, 2.24) is 4.90 Å². The first-order valence-corrected chi connectivity index (χ1v) is 8.75. The zero-order chi connectivity index (χ0) is 18.4. The van der Waals surface area contributed by atoms with E-state index in [0.29, 0.717) is 55.5 Å². The zero-order valence-electron chi connectivity index (χ0n) is 15.5. The molecule has 1 fully saturated rings. The fourth-order valence-electron chi connectivity index (χ4n) is 3.03. The average molecular weight is 348 g/mol. The first-order valence-electron chi connectivity index (χ1n) is 8.75. The van der Waals surface area contributed by atoms with Gasteiger partial charge < -0.3 is 19.7 Å². The van der Waals surface area contributed by atoms with Crippen molar-refractivity contribution in [1.29, 1.82) is 0 Å². The van der Waals surface area contributed by atoms with Gasteiger partial charge in [0.05, 0.1) is 14.2 Å². The molecule has 0 saturated carbocycles. The highest BCUT2D eigenvalue weighted by Crippen LogP contribution is 2.30. The van der Waals surface area contributed by atoms with Gasteiger partial charge in [0.15, 0.2) is 11.5 Å². The van der Waals surface area contributed by atoms with Crippen LogP contribution in [0.15, 0.2) is 18.2 Å². The van der Waals surface area contributed by atoms with Crippen LogP contribution in [0.25, 0.3) is 0 Å². The van der Waals surface area contributed by atoms with Crippen molar-refractivity contribution in [3.05, 3.63) is 18.2 Å². The number of piperidine rings is 1. The maximum absolute atomic E-state index is 12.5. The number of carbonyl (C=O) groups is 2. The minimum Gasteiger partial charge on any atom is -0.493 e. The van der Waals surface area contributed by atoms with Gasteiger partial charge in [-0.1, -0.05) is 13.8 Å². The fraction of sp³-hybridized carbons (Fsp3) is 0.579. The van der Waals surface area contributed by atoms with Crippen molar-refractivity contribution in [2.24, 2.45) is 11.8 Å². The molecule has 1 N–H and O–H groups in total. The lowest BCUT2D eigenvalue weighted by Crippen LogP contribution is -2.41. The number of nitrogens with zero attached hydrogens (tertiary/aromatic N) is 1. The molecule has 0 atom stereocenters. The number of ether oxygens (including phenoxy) is 2. The summed E-state index contributed by atoms with van der Waals surface area (Å²) < 4.78 is 10.5. The van der Waals surface area contributed by atoms with Gasteiger partial charge in [-0.25, -0.2) is 0 Å². The minimum absolute atomic E-state index is 0.0109. The van der Waals surface area contributed by atoms with Crippen molar-refractivity contribution < 1.29 is 19.1 Å². The third-order valence-corrected chi connectivity index (χ3v) is 4.45. The summed E-state index contributed by atoms with van der Waals surface area (Å²) in [5.41, 5.74) is 0.681. The Balaban J connectivity index is 1.89. The number of benzene rings is 1. The Morgan fingerprint density at radius 3 is 2.36 bits per heavy atom. The first-order chi connectivity index (χ1) is 11.9. The van der Waals surface area contributed by atoms with Crippen LogP contribution in [-0.2, 0) is 9.59 Å². The highest BCUT2D eigenvalue weighted by molar-refractivity contribution is 5.93. The van der Waals surface area contributed by atoms with Crippen molar-refractivity contribution in [3.8, 4) is 11.5 Å². The van der Waals surface area contributed by atoms with Crippen molar-refractivity contribution in [2.45, 2.75) is 33.1 Å². The average Bonchev–Trinajstić information content (AvgIpc) is 2.61. The van der Waals surface area contributed by atoms with Gasteiger partial charge >= 0.3 is 0 Å². The van der Waals surface area contributed by atoms with Gasteiger partial charge in [-0.3, -0.25) is 9.59 Å². The fourth-order valence-corrected chi connectivity index (χ4v) is 3.03. The molecule has 0 aromatic heterocycles. The molecule has 0 radical (unpaired) electrons. The Morgan fingerprint density at radius 2 is 1.80 bits per heavy atom. The zero-order valence-corrected chi connectivity index (χ0v) is 15.5. The Hall–Kier alpha value is -2.24. The van der Waals surface area contributed by atoms with Gasteiger partial charge in [0.25, 0.3) is 0 Å². The van der Waals surface area contributed by atoms with Crippen LogP contribution in [0, 0.1) is 11.8 Å². The Kier molecular flexibility index (Phi) is 6.67. The van der Waals surface area contributed by atoms with Crippen molar-refractivity contribution in [2.75, 3.05) is 32.6 Å². The number of hydrogen-bond acceptors (Lipinski definition) is 4. The Bertz CT molecular complexity index is 607. The highest BCUT2D eigenvalue weighted by Gasteiger charge is 2.27. The van der Waals surface area contributed by atoms with E-state index in [1.165, 1.54) is 0 Å². The van der Waals surface area contributed by atoms with Gasteiger partial charge in [0, 0.05) is 37.2 Å². The molecule has 1 aromatic rings. The molecular weight excluding hydrogens is 320 g/mol. The molecule has 1 aliphatic rings. The summed E-state index contributed by atoms with van der Waals surface area (Å²) in [4.78, 5) is 26.5. The molecule has 25 heavy (non-hydrogen) atoms. The van der Waals surface area contributed by atoms with E-state index in [4.69, 9.17) is 9.47 Å². The smallest absolute Gasteiger partial charge is 0.227 e. The molecule has 2 rings (SSSR count). The third kappa shape index (κ3) is 5.11. The summed E-state index contributed by atoms with van der Waals surface area (Å²) in [6, 6.07) is 5.31. The number of anilines is 1. The molecule has 1 heterocycles. The molecule has 0 aliphatic carbocycles. The van der Waals surface area contributed by atoms with Gasteiger partial charge in [0.2, 0.25) is 11.8 Å². The monoisotopic (exact) mass is 348 g/mol. The highest BCUT2D eigenvalue weighted by atomic mass is 16.5. The lowest BCUT2D eigenvalue weighted by atomic mass is 9.95. The standard InChI is InChI=1S/C19H28N2O4/c1-13(2)11-18(22)21-9-7-14(8-10-21)19(23)20-15-5-6-16(24-3)17(12-15)25-4/h5-6,12-14H,7-11H2,1-4H3,(H,20,23). The van der Waals surface area contributed by atoms with Crippen molar-refractivity contribution in [3.63, 3.8) is 0 Å². The molecule has 0 bridgehead atoms. The lowest BCUT2D eigenvalue weighted by molar-refractivity contribution is -0.135. The van der Waals surface area contributed by atoms with Crippen LogP contribution in [0.4, 0.5) is 5.69 Å². The third-order valence-electron chi connectivity index (χ3n) is 4.45. The lowest BCUT2D eigenvalue weighted by Gasteiger charge is -2.31. The molecule has 0 unspecified atom stereocenters. The van der Waals surface area contributed by atoms with E-state index in [0.717, 1.165) is 0 Å². The second-order valence-corrected chi connectivity index (χ2v) is 6.81. The summed E-state index contributed by atoms with van der Waals surface area (Å²) in [5, 5.41) is 2.94. The Labute approximate surface area is 149 Å². The van der Waals surface area contributed by atoms with Crippen LogP contribution in [0.2, 0.25) is 0 Å². The van der Waals surface area contributed by atoms with Crippen molar-refractivity contribution >= 4 is 17.5 Å². The molecule has 1 aliphatic heterocycles. The van der Waals surface area contributed by atoms with Crippen LogP contribution >= 0.6 is 0 Å². The number of carbonyl (C=O) groups excluding carboxylic acids is 2. The summed E-state index contributed by atoms with van der Waals surface area (Å²) in [5.74, 6) is 1.67. The van der Waals surface area contributed by atoms with E-state index >= 15 is 0 Å². The molecule has 1 aromatic carbocycles. The van der Waals surface area contributed by atoms with Crippen LogP contribution in [0.3, 0.4) is 0 Å². The number of amides is 2. The maximum atomic E-state index is 12.5. The molecule has 2 amide bonds.